The average Bonchev–Trinajstić information content (AvgIpc) is 3.08. The number of anilines is 1. The van der Waals surface area contributed by atoms with Crippen LogP contribution in [0, 0.1) is 13.8 Å². The molecule has 0 aliphatic heterocycles. The zero-order valence-corrected chi connectivity index (χ0v) is 12.8. The van der Waals surface area contributed by atoms with E-state index in [1.807, 2.05) is 6.92 Å². The van der Waals surface area contributed by atoms with E-state index < -0.39 is 10.0 Å². The maximum atomic E-state index is 12.3. The van der Waals surface area contributed by atoms with Gasteiger partial charge in [0.05, 0.1) is 6.26 Å². The van der Waals surface area contributed by atoms with Gasteiger partial charge in [0.2, 0.25) is 0 Å². The van der Waals surface area contributed by atoms with Crippen LogP contribution < -0.4 is 4.72 Å². The zero-order chi connectivity index (χ0) is 15.0. The maximum Gasteiger partial charge on any atom is 0.330 e. The van der Waals surface area contributed by atoms with Gasteiger partial charge in [0, 0.05) is 9.75 Å². The van der Waals surface area contributed by atoms with Crippen molar-refractivity contribution in [1.29, 1.82) is 0 Å². The van der Waals surface area contributed by atoms with E-state index in [9.17, 15) is 8.42 Å². The highest BCUT2D eigenvalue weighted by molar-refractivity contribution is 7.92. The predicted molar refractivity (Wildman–Crippen MR) is 76.6 cm³/mol. The van der Waals surface area contributed by atoms with Crippen LogP contribution in [0.25, 0.3) is 11.7 Å². The second kappa shape index (κ2) is 5.01. The molecule has 0 atom stereocenters. The van der Waals surface area contributed by atoms with Crippen LogP contribution >= 0.6 is 11.3 Å². The molecule has 0 saturated carbocycles. The molecule has 0 unspecified atom stereocenters. The van der Waals surface area contributed by atoms with Gasteiger partial charge in [-0.3, -0.25) is 0 Å². The van der Waals surface area contributed by atoms with Crippen LogP contribution in [0.3, 0.4) is 0 Å². The number of nitrogens with zero attached hydrogens (tertiary/aromatic N) is 2. The van der Waals surface area contributed by atoms with E-state index in [1.54, 1.807) is 25.1 Å². The van der Waals surface area contributed by atoms with Crippen molar-refractivity contribution in [1.82, 2.24) is 10.2 Å². The van der Waals surface area contributed by atoms with E-state index in [-0.39, 0.29) is 16.8 Å². The summed E-state index contributed by atoms with van der Waals surface area (Å²) in [5.74, 6) is 0.478. The Balaban J connectivity index is 1.88. The maximum absolute atomic E-state index is 12.3. The minimum atomic E-state index is -3.75. The molecule has 3 aromatic rings. The first-order valence-electron chi connectivity index (χ1n) is 5.93. The van der Waals surface area contributed by atoms with Crippen molar-refractivity contribution >= 4 is 27.4 Å². The summed E-state index contributed by atoms with van der Waals surface area (Å²) in [4.78, 5) is 1.82. The molecule has 0 amide bonds. The molecular weight excluding hydrogens is 314 g/mol. The average molecular weight is 325 g/mol. The molecular formula is C12H11N3O4S2. The highest BCUT2D eigenvalue weighted by Gasteiger charge is 2.22. The molecule has 0 aromatic carbocycles. The van der Waals surface area contributed by atoms with Gasteiger partial charge in [-0.1, -0.05) is 5.10 Å². The number of aromatic nitrogens is 2. The van der Waals surface area contributed by atoms with Crippen molar-refractivity contribution in [2.24, 2.45) is 0 Å². The summed E-state index contributed by atoms with van der Waals surface area (Å²) in [6, 6.07) is 4.70. The third kappa shape index (κ3) is 2.69. The van der Waals surface area contributed by atoms with Crippen molar-refractivity contribution in [2.75, 3.05) is 4.72 Å². The van der Waals surface area contributed by atoms with E-state index in [2.05, 4.69) is 14.9 Å². The lowest BCUT2D eigenvalue weighted by molar-refractivity contribution is 0.524. The number of rotatable bonds is 4. The first kappa shape index (κ1) is 13.8. The molecule has 0 aliphatic rings. The molecule has 3 rings (SSSR count). The van der Waals surface area contributed by atoms with E-state index in [4.69, 9.17) is 8.83 Å². The van der Waals surface area contributed by atoms with Crippen LogP contribution in [-0.4, -0.2) is 18.6 Å². The fourth-order valence-corrected chi connectivity index (χ4v) is 4.29. The van der Waals surface area contributed by atoms with Gasteiger partial charge in [-0.15, -0.1) is 16.4 Å². The summed E-state index contributed by atoms with van der Waals surface area (Å²) in [6.07, 6.45) is 1.46. The molecule has 7 nitrogen and oxygen atoms in total. The van der Waals surface area contributed by atoms with Crippen LogP contribution in [0.1, 0.15) is 9.75 Å². The number of sulfonamides is 1. The second-order valence-corrected chi connectivity index (χ2v) is 7.38. The van der Waals surface area contributed by atoms with Crippen molar-refractivity contribution in [3.63, 3.8) is 0 Å². The van der Waals surface area contributed by atoms with E-state index in [0.29, 0.717) is 10.6 Å². The van der Waals surface area contributed by atoms with Gasteiger partial charge >= 0.3 is 6.01 Å². The largest absolute Gasteiger partial charge is 0.459 e. The minimum Gasteiger partial charge on any atom is -0.459 e. The van der Waals surface area contributed by atoms with E-state index in [0.717, 1.165) is 4.88 Å². The molecule has 0 saturated heterocycles. The molecule has 21 heavy (non-hydrogen) atoms. The molecule has 9 heteroatoms. The van der Waals surface area contributed by atoms with Gasteiger partial charge < -0.3 is 8.83 Å². The molecule has 3 aromatic heterocycles. The van der Waals surface area contributed by atoms with Gasteiger partial charge in [-0.2, -0.15) is 0 Å². The fraction of sp³-hybridized carbons (Fsp3) is 0.167. The summed E-state index contributed by atoms with van der Waals surface area (Å²) in [5, 5.41) is 7.39. The molecule has 0 radical (unpaired) electrons. The van der Waals surface area contributed by atoms with Crippen molar-refractivity contribution in [3.8, 4) is 11.7 Å². The third-order valence-electron chi connectivity index (χ3n) is 2.66. The Morgan fingerprint density at radius 3 is 2.71 bits per heavy atom. The monoisotopic (exact) mass is 325 g/mol. The fourth-order valence-electron chi connectivity index (χ4n) is 1.81. The lowest BCUT2D eigenvalue weighted by Gasteiger charge is -2.02. The van der Waals surface area contributed by atoms with Gasteiger partial charge in [0.1, 0.15) is 4.90 Å². The lowest BCUT2D eigenvalue weighted by Crippen LogP contribution is -2.13. The Kier molecular flexibility index (Phi) is 3.30. The Hall–Kier alpha value is -2.13. The zero-order valence-electron chi connectivity index (χ0n) is 11.2. The summed E-state index contributed by atoms with van der Waals surface area (Å²) < 4.78 is 37.1. The van der Waals surface area contributed by atoms with Crippen LogP contribution in [-0.2, 0) is 10.0 Å². The number of aryl methyl sites for hydroxylation is 2. The summed E-state index contributed by atoms with van der Waals surface area (Å²) >= 11 is 1.41. The number of nitrogens with one attached hydrogen (secondary N) is 1. The van der Waals surface area contributed by atoms with Gasteiger partial charge in [-0.25, -0.2) is 13.1 Å². The highest BCUT2D eigenvalue weighted by Crippen LogP contribution is 2.27. The number of thiophene rings is 1. The molecule has 3 heterocycles. The first-order chi connectivity index (χ1) is 9.95. The van der Waals surface area contributed by atoms with Crippen LogP contribution in [0.4, 0.5) is 6.01 Å². The molecule has 0 fully saturated rings. The predicted octanol–water partition coefficient (Wildman–Crippen LogP) is 2.81. The SMILES string of the molecule is Cc1cc(S(=O)(=O)Nc2nnc(-c3ccco3)o2)c(C)s1. The lowest BCUT2D eigenvalue weighted by atomic mass is 10.4. The van der Waals surface area contributed by atoms with E-state index in [1.165, 1.54) is 17.6 Å². The van der Waals surface area contributed by atoms with E-state index >= 15 is 0 Å². The van der Waals surface area contributed by atoms with Crippen LogP contribution in [0.2, 0.25) is 0 Å². The Morgan fingerprint density at radius 2 is 2.10 bits per heavy atom. The van der Waals surface area contributed by atoms with Crippen molar-refractivity contribution in [3.05, 3.63) is 34.2 Å². The number of furan rings is 1. The van der Waals surface area contributed by atoms with Gasteiger partial charge in [0.15, 0.2) is 5.76 Å². The number of hydrogen-bond donors (Lipinski definition) is 1. The van der Waals surface area contributed by atoms with Crippen LogP contribution in [0.15, 0.2) is 38.2 Å². The Morgan fingerprint density at radius 1 is 1.29 bits per heavy atom. The summed E-state index contributed by atoms with van der Waals surface area (Å²) in [5.41, 5.74) is 0. The second-order valence-electron chi connectivity index (χ2n) is 4.27. The highest BCUT2D eigenvalue weighted by atomic mass is 32.2. The topological polar surface area (TPSA) is 98.2 Å². The third-order valence-corrected chi connectivity index (χ3v) is 5.21. The van der Waals surface area contributed by atoms with Gasteiger partial charge in [-0.05, 0) is 32.0 Å². The molecule has 0 aliphatic carbocycles. The first-order valence-corrected chi connectivity index (χ1v) is 8.23. The standard InChI is InChI=1S/C12H11N3O4S2/c1-7-6-10(8(2)20-7)21(16,17)15-12-14-13-11(19-12)9-4-3-5-18-9/h3-6H,1-2H3,(H,14,15). The molecule has 0 bridgehead atoms. The van der Waals surface area contributed by atoms with Crippen LogP contribution in [0.5, 0.6) is 0 Å². The molecule has 110 valence electrons. The molecule has 0 spiro atoms. The van der Waals surface area contributed by atoms with Crippen molar-refractivity contribution < 1.29 is 17.3 Å². The normalized spacial score (nSPS) is 11.7. The Labute approximate surface area is 124 Å². The summed E-state index contributed by atoms with van der Waals surface area (Å²) in [6.45, 7) is 3.59. The van der Waals surface area contributed by atoms with Gasteiger partial charge in [0.25, 0.3) is 15.9 Å². The quantitative estimate of drug-likeness (QED) is 0.792. The smallest absolute Gasteiger partial charge is 0.330 e. The summed E-state index contributed by atoms with van der Waals surface area (Å²) in [7, 11) is -3.75. The van der Waals surface area contributed by atoms with Crippen molar-refractivity contribution in [2.45, 2.75) is 18.7 Å². The molecule has 1 N–H and O–H groups in total. The minimum absolute atomic E-state index is 0.107. The Bertz CT molecular complexity index is 862. The number of hydrogen-bond acceptors (Lipinski definition) is 7.